The lowest BCUT2D eigenvalue weighted by atomic mass is 10.0. The fourth-order valence-electron chi connectivity index (χ4n) is 2.84. The minimum Gasteiger partial charge on any atom is -0.497 e. The molecule has 2 aromatic rings. The molecule has 0 aliphatic carbocycles. The Balaban J connectivity index is 1.60. The molecule has 1 heterocycles. The van der Waals surface area contributed by atoms with Crippen LogP contribution in [-0.2, 0) is 19.3 Å². The van der Waals surface area contributed by atoms with Gasteiger partial charge < -0.3 is 14.0 Å². The van der Waals surface area contributed by atoms with Gasteiger partial charge in [0.25, 0.3) is 0 Å². The molecule has 0 saturated heterocycles. The molecule has 4 heteroatoms. The highest BCUT2D eigenvalue weighted by atomic mass is 16.5. The highest BCUT2D eigenvalue weighted by Gasteiger charge is 2.12. The summed E-state index contributed by atoms with van der Waals surface area (Å²) in [5, 5.41) is 4.18. The SMILES string of the molecule is CCc1noc(CC)c1CCCCCCOc1ccc(OC)cc1. The van der Waals surface area contributed by atoms with Gasteiger partial charge in [-0.2, -0.15) is 0 Å². The number of benzene rings is 1. The molecule has 4 nitrogen and oxygen atoms in total. The summed E-state index contributed by atoms with van der Waals surface area (Å²) in [7, 11) is 1.67. The number of ether oxygens (including phenoxy) is 2. The van der Waals surface area contributed by atoms with Gasteiger partial charge in [0.1, 0.15) is 17.3 Å². The van der Waals surface area contributed by atoms with Crippen molar-refractivity contribution in [3.8, 4) is 11.5 Å². The normalized spacial score (nSPS) is 10.8. The van der Waals surface area contributed by atoms with Crippen molar-refractivity contribution >= 4 is 0 Å². The smallest absolute Gasteiger partial charge is 0.139 e. The number of methoxy groups -OCH3 is 1. The highest BCUT2D eigenvalue weighted by Crippen LogP contribution is 2.20. The number of hydrogen-bond donors (Lipinski definition) is 0. The largest absolute Gasteiger partial charge is 0.497 e. The predicted octanol–water partition coefficient (Wildman–Crippen LogP) is 4.99. The average molecular weight is 331 g/mol. The van der Waals surface area contributed by atoms with Gasteiger partial charge in [0, 0.05) is 12.0 Å². The third-order valence-corrected chi connectivity index (χ3v) is 4.26. The summed E-state index contributed by atoms with van der Waals surface area (Å²) in [5.41, 5.74) is 2.48. The van der Waals surface area contributed by atoms with Gasteiger partial charge in [-0.05, 0) is 49.9 Å². The molecule has 0 amide bonds. The molecular formula is C20H29NO3. The van der Waals surface area contributed by atoms with Gasteiger partial charge in [-0.25, -0.2) is 0 Å². The molecule has 0 bridgehead atoms. The van der Waals surface area contributed by atoms with Crippen LogP contribution < -0.4 is 9.47 Å². The first-order valence-corrected chi connectivity index (χ1v) is 9.01. The van der Waals surface area contributed by atoms with Crippen molar-refractivity contribution in [1.29, 1.82) is 0 Å². The molecule has 0 fully saturated rings. The Hall–Kier alpha value is -1.97. The van der Waals surface area contributed by atoms with Crippen LogP contribution in [0.25, 0.3) is 0 Å². The van der Waals surface area contributed by atoms with E-state index in [1.807, 2.05) is 24.3 Å². The Labute approximate surface area is 145 Å². The molecule has 0 aliphatic heterocycles. The second kappa shape index (κ2) is 10.0. The van der Waals surface area contributed by atoms with Crippen LogP contribution in [0.3, 0.4) is 0 Å². The quantitative estimate of drug-likeness (QED) is 0.544. The van der Waals surface area contributed by atoms with Crippen molar-refractivity contribution in [3.05, 3.63) is 41.3 Å². The molecule has 2 rings (SSSR count). The lowest BCUT2D eigenvalue weighted by Crippen LogP contribution is -1.98. The van der Waals surface area contributed by atoms with Gasteiger partial charge in [0.05, 0.1) is 19.4 Å². The molecule has 0 aliphatic rings. The van der Waals surface area contributed by atoms with Crippen molar-refractivity contribution in [3.63, 3.8) is 0 Å². The standard InChI is InChI=1S/C20H29NO3/c1-4-19-18(20(5-2)24-21-19)10-8-6-7-9-15-23-17-13-11-16(22-3)12-14-17/h11-14H,4-10,15H2,1-3H3. The van der Waals surface area contributed by atoms with E-state index in [4.69, 9.17) is 14.0 Å². The predicted molar refractivity (Wildman–Crippen MR) is 95.9 cm³/mol. The van der Waals surface area contributed by atoms with E-state index in [2.05, 4.69) is 19.0 Å². The first-order valence-electron chi connectivity index (χ1n) is 9.01. The van der Waals surface area contributed by atoms with E-state index < -0.39 is 0 Å². The molecule has 0 radical (unpaired) electrons. The van der Waals surface area contributed by atoms with Crippen molar-refractivity contribution < 1.29 is 14.0 Å². The molecule has 0 spiro atoms. The molecule has 0 unspecified atom stereocenters. The van der Waals surface area contributed by atoms with E-state index in [0.717, 1.165) is 55.2 Å². The zero-order chi connectivity index (χ0) is 17.2. The molecule has 1 aromatic carbocycles. The molecule has 0 atom stereocenters. The van der Waals surface area contributed by atoms with Crippen LogP contribution in [0.4, 0.5) is 0 Å². The zero-order valence-electron chi connectivity index (χ0n) is 15.1. The average Bonchev–Trinajstić information content (AvgIpc) is 3.03. The topological polar surface area (TPSA) is 44.5 Å². The second-order valence-corrected chi connectivity index (χ2v) is 5.93. The van der Waals surface area contributed by atoms with Crippen molar-refractivity contribution in [2.75, 3.05) is 13.7 Å². The van der Waals surface area contributed by atoms with E-state index in [-0.39, 0.29) is 0 Å². The molecule has 0 N–H and O–H groups in total. The third-order valence-electron chi connectivity index (χ3n) is 4.26. The fourth-order valence-corrected chi connectivity index (χ4v) is 2.84. The van der Waals surface area contributed by atoms with Gasteiger partial charge in [-0.15, -0.1) is 0 Å². The molecule has 1 aromatic heterocycles. The van der Waals surface area contributed by atoms with E-state index >= 15 is 0 Å². The minimum atomic E-state index is 0.764. The van der Waals surface area contributed by atoms with Gasteiger partial charge in [0.15, 0.2) is 0 Å². The lowest BCUT2D eigenvalue weighted by molar-refractivity contribution is 0.304. The van der Waals surface area contributed by atoms with Crippen LogP contribution in [0.1, 0.15) is 56.5 Å². The van der Waals surface area contributed by atoms with Crippen molar-refractivity contribution in [2.24, 2.45) is 0 Å². The lowest BCUT2D eigenvalue weighted by Gasteiger charge is -2.07. The Morgan fingerprint density at radius 1 is 0.917 bits per heavy atom. The maximum Gasteiger partial charge on any atom is 0.139 e. The van der Waals surface area contributed by atoms with Gasteiger partial charge in [-0.3, -0.25) is 0 Å². The molecule has 132 valence electrons. The highest BCUT2D eigenvalue weighted by molar-refractivity contribution is 5.31. The van der Waals surface area contributed by atoms with Crippen molar-refractivity contribution in [2.45, 2.75) is 58.8 Å². The first-order chi connectivity index (χ1) is 11.8. The monoisotopic (exact) mass is 331 g/mol. The van der Waals surface area contributed by atoms with Crippen LogP contribution in [0, 0.1) is 0 Å². The number of hydrogen-bond acceptors (Lipinski definition) is 4. The third kappa shape index (κ3) is 5.29. The van der Waals surface area contributed by atoms with Crippen LogP contribution in [0.5, 0.6) is 11.5 Å². The van der Waals surface area contributed by atoms with Gasteiger partial charge in [-0.1, -0.05) is 31.8 Å². The molecule has 0 saturated carbocycles. The summed E-state index contributed by atoms with van der Waals surface area (Å²) < 4.78 is 16.3. The van der Waals surface area contributed by atoms with Crippen LogP contribution in [-0.4, -0.2) is 18.9 Å². The van der Waals surface area contributed by atoms with E-state index in [0.29, 0.717) is 0 Å². The number of rotatable bonds is 11. The van der Waals surface area contributed by atoms with Crippen LogP contribution in [0.2, 0.25) is 0 Å². The first kappa shape index (κ1) is 18.4. The number of unbranched alkanes of at least 4 members (excludes halogenated alkanes) is 3. The summed E-state index contributed by atoms with van der Waals surface area (Å²) in [4.78, 5) is 0. The van der Waals surface area contributed by atoms with Crippen LogP contribution >= 0.6 is 0 Å². The minimum absolute atomic E-state index is 0.764. The molecular weight excluding hydrogens is 302 g/mol. The number of nitrogens with zero attached hydrogens (tertiary/aromatic N) is 1. The summed E-state index contributed by atoms with van der Waals surface area (Å²) in [6.07, 6.45) is 7.62. The van der Waals surface area contributed by atoms with E-state index in [1.54, 1.807) is 7.11 Å². The van der Waals surface area contributed by atoms with Gasteiger partial charge in [0.2, 0.25) is 0 Å². The summed E-state index contributed by atoms with van der Waals surface area (Å²) in [6.45, 7) is 5.03. The summed E-state index contributed by atoms with van der Waals surface area (Å²) in [5.74, 6) is 2.82. The maximum atomic E-state index is 5.75. The summed E-state index contributed by atoms with van der Waals surface area (Å²) >= 11 is 0. The zero-order valence-corrected chi connectivity index (χ0v) is 15.1. The summed E-state index contributed by atoms with van der Waals surface area (Å²) in [6, 6.07) is 7.74. The Morgan fingerprint density at radius 3 is 2.29 bits per heavy atom. The Kier molecular flexibility index (Phi) is 7.66. The van der Waals surface area contributed by atoms with Crippen LogP contribution in [0.15, 0.2) is 28.8 Å². The maximum absolute atomic E-state index is 5.75. The van der Waals surface area contributed by atoms with E-state index in [9.17, 15) is 0 Å². The van der Waals surface area contributed by atoms with E-state index in [1.165, 1.54) is 24.8 Å². The number of aromatic nitrogens is 1. The van der Waals surface area contributed by atoms with Crippen molar-refractivity contribution in [1.82, 2.24) is 5.16 Å². The molecule has 24 heavy (non-hydrogen) atoms. The van der Waals surface area contributed by atoms with Gasteiger partial charge >= 0.3 is 0 Å². The Bertz CT molecular complexity index is 568. The second-order valence-electron chi connectivity index (χ2n) is 5.93. The number of aryl methyl sites for hydroxylation is 2. The fraction of sp³-hybridized carbons (Fsp3) is 0.550. The Morgan fingerprint density at radius 2 is 1.62 bits per heavy atom.